The Morgan fingerprint density at radius 2 is 1.57 bits per heavy atom. The van der Waals surface area contributed by atoms with Gasteiger partial charge in [0.1, 0.15) is 11.6 Å². The van der Waals surface area contributed by atoms with E-state index in [-0.39, 0.29) is 5.82 Å². The van der Waals surface area contributed by atoms with Gasteiger partial charge < -0.3 is 0 Å². The molecule has 0 aliphatic carbocycles. The maximum absolute atomic E-state index is 13.1. The summed E-state index contributed by atoms with van der Waals surface area (Å²) in [5.41, 5.74) is 2.43. The number of halogens is 3. The van der Waals surface area contributed by atoms with Crippen molar-refractivity contribution in [3.63, 3.8) is 0 Å². The van der Waals surface area contributed by atoms with Crippen molar-refractivity contribution in [3.05, 3.63) is 70.3 Å². The van der Waals surface area contributed by atoms with E-state index in [9.17, 15) is 4.39 Å². The average Bonchev–Trinajstić information content (AvgIpc) is 2.75. The molecular formula is C16H11Cl2FN2. The standard InChI is InChI=1S/C16H11Cl2FN2/c1-10-20-16(18)15(11-2-6-13(19)7-3-11)21(10)14-8-4-12(17)5-9-14/h2-9H,1H3. The summed E-state index contributed by atoms with van der Waals surface area (Å²) in [4.78, 5) is 4.31. The monoisotopic (exact) mass is 320 g/mol. The van der Waals surface area contributed by atoms with Crippen LogP contribution in [0.25, 0.3) is 16.9 Å². The van der Waals surface area contributed by atoms with E-state index in [0.29, 0.717) is 10.2 Å². The molecule has 0 aliphatic rings. The van der Waals surface area contributed by atoms with Crippen molar-refractivity contribution in [2.24, 2.45) is 0 Å². The summed E-state index contributed by atoms with van der Waals surface area (Å²) in [5.74, 6) is 0.464. The van der Waals surface area contributed by atoms with Crippen LogP contribution in [0.2, 0.25) is 10.2 Å². The summed E-state index contributed by atoms with van der Waals surface area (Å²) in [6.45, 7) is 1.87. The minimum Gasteiger partial charge on any atom is -0.295 e. The van der Waals surface area contributed by atoms with Gasteiger partial charge in [0.15, 0.2) is 5.15 Å². The first-order valence-electron chi connectivity index (χ1n) is 6.33. The molecule has 106 valence electrons. The van der Waals surface area contributed by atoms with Gasteiger partial charge in [0, 0.05) is 16.3 Å². The molecule has 2 aromatic carbocycles. The van der Waals surface area contributed by atoms with Crippen LogP contribution in [0.15, 0.2) is 48.5 Å². The van der Waals surface area contributed by atoms with E-state index >= 15 is 0 Å². The van der Waals surface area contributed by atoms with Crippen LogP contribution in [0.3, 0.4) is 0 Å². The predicted octanol–water partition coefficient (Wildman–Crippen LogP) is 5.29. The zero-order valence-corrected chi connectivity index (χ0v) is 12.7. The van der Waals surface area contributed by atoms with Gasteiger partial charge in [0.05, 0.1) is 5.69 Å². The molecule has 2 nitrogen and oxygen atoms in total. The van der Waals surface area contributed by atoms with E-state index < -0.39 is 0 Å². The minimum atomic E-state index is -0.288. The predicted molar refractivity (Wildman–Crippen MR) is 83.7 cm³/mol. The first kappa shape index (κ1) is 14.1. The van der Waals surface area contributed by atoms with Crippen molar-refractivity contribution in [3.8, 4) is 16.9 Å². The number of aromatic nitrogens is 2. The fourth-order valence-electron chi connectivity index (χ4n) is 2.26. The van der Waals surface area contributed by atoms with Crippen LogP contribution < -0.4 is 0 Å². The summed E-state index contributed by atoms with van der Waals surface area (Å²) in [5, 5.41) is 1.04. The van der Waals surface area contributed by atoms with Gasteiger partial charge in [0.2, 0.25) is 0 Å². The van der Waals surface area contributed by atoms with E-state index in [1.54, 1.807) is 24.3 Å². The molecular weight excluding hydrogens is 310 g/mol. The number of nitrogens with zero attached hydrogens (tertiary/aromatic N) is 2. The van der Waals surface area contributed by atoms with Gasteiger partial charge in [-0.2, -0.15) is 0 Å². The lowest BCUT2D eigenvalue weighted by Gasteiger charge is -2.11. The van der Waals surface area contributed by atoms with Crippen LogP contribution in [0, 0.1) is 12.7 Å². The summed E-state index contributed by atoms with van der Waals surface area (Å²) < 4.78 is 15.0. The smallest absolute Gasteiger partial charge is 0.155 e. The van der Waals surface area contributed by atoms with Crippen LogP contribution >= 0.6 is 23.2 Å². The molecule has 0 amide bonds. The summed E-state index contributed by atoms with van der Waals surface area (Å²) in [7, 11) is 0. The number of rotatable bonds is 2. The third-order valence-electron chi connectivity index (χ3n) is 3.21. The van der Waals surface area contributed by atoms with Gasteiger partial charge in [0.25, 0.3) is 0 Å². The highest BCUT2D eigenvalue weighted by Crippen LogP contribution is 2.32. The number of benzene rings is 2. The molecule has 0 unspecified atom stereocenters. The maximum atomic E-state index is 13.1. The molecule has 0 saturated carbocycles. The van der Waals surface area contributed by atoms with E-state index in [0.717, 1.165) is 22.8 Å². The van der Waals surface area contributed by atoms with Crippen molar-refractivity contribution < 1.29 is 4.39 Å². The molecule has 5 heteroatoms. The number of aryl methyl sites for hydroxylation is 1. The van der Waals surface area contributed by atoms with Gasteiger partial charge in [-0.05, 0) is 55.5 Å². The zero-order valence-electron chi connectivity index (χ0n) is 11.1. The third kappa shape index (κ3) is 2.67. The largest absolute Gasteiger partial charge is 0.295 e. The second-order valence-corrected chi connectivity index (χ2v) is 5.41. The highest BCUT2D eigenvalue weighted by molar-refractivity contribution is 6.32. The Morgan fingerprint density at radius 3 is 2.19 bits per heavy atom. The first-order chi connectivity index (χ1) is 10.1. The van der Waals surface area contributed by atoms with Gasteiger partial charge >= 0.3 is 0 Å². The lowest BCUT2D eigenvalue weighted by molar-refractivity contribution is 0.628. The van der Waals surface area contributed by atoms with Crippen molar-refractivity contribution in [1.29, 1.82) is 0 Å². The molecule has 1 heterocycles. The average molecular weight is 321 g/mol. The van der Waals surface area contributed by atoms with Crippen molar-refractivity contribution in [2.75, 3.05) is 0 Å². The molecule has 1 aromatic heterocycles. The Kier molecular flexibility index (Phi) is 3.70. The normalized spacial score (nSPS) is 10.9. The molecule has 0 spiro atoms. The highest BCUT2D eigenvalue weighted by Gasteiger charge is 2.16. The molecule has 0 radical (unpaired) electrons. The summed E-state index contributed by atoms with van der Waals surface area (Å²) in [6, 6.07) is 13.6. The Hall–Kier alpha value is -1.84. The Labute approximate surface area is 131 Å². The Bertz CT molecular complexity index is 711. The minimum absolute atomic E-state index is 0.288. The third-order valence-corrected chi connectivity index (χ3v) is 3.72. The Morgan fingerprint density at radius 1 is 0.952 bits per heavy atom. The number of hydrogen-bond acceptors (Lipinski definition) is 1. The molecule has 3 aromatic rings. The zero-order chi connectivity index (χ0) is 15.0. The SMILES string of the molecule is Cc1nc(Cl)c(-c2ccc(F)cc2)n1-c1ccc(Cl)cc1. The molecule has 3 rings (SSSR count). The highest BCUT2D eigenvalue weighted by atomic mass is 35.5. The fraction of sp³-hybridized carbons (Fsp3) is 0.0625. The molecule has 0 fully saturated rings. The second kappa shape index (κ2) is 5.51. The van der Waals surface area contributed by atoms with E-state index in [4.69, 9.17) is 23.2 Å². The fourth-order valence-corrected chi connectivity index (χ4v) is 2.70. The van der Waals surface area contributed by atoms with E-state index in [2.05, 4.69) is 4.98 Å². The van der Waals surface area contributed by atoms with E-state index in [1.165, 1.54) is 12.1 Å². The van der Waals surface area contributed by atoms with Crippen LogP contribution in [0.5, 0.6) is 0 Å². The number of imidazole rings is 1. The van der Waals surface area contributed by atoms with Crippen LogP contribution in [-0.4, -0.2) is 9.55 Å². The van der Waals surface area contributed by atoms with Crippen LogP contribution in [0.1, 0.15) is 5.82 Å². The second-order valence-electron chi connectivity index (χ2n) is 4.62. The van der Waals surface area contributed by atoms with Crippen LogP contribution in [0.4, 0.5) is 4.39 Å². The van der Waals surface area contributed by atoms with Gasteiger partial charge in [-0.3, -0.25) is 4.57 Å². The lowest BCUT2D eigenvalue weighted by Crippen LogP contribution is -1.99. The molecule has 21 heavy (non-hydrogen) atoms. The van der Waals surface area contributed by atoms with Gasteiger partial charge in [-0.15, -0.1) is 0 Å². The first-order valence-corrected chi connectivity index (χ1v) is 7.08. The molecule has 0 bridgehead atoms. The molecule has 0 atom stereocenters. The van der Waals surface area contributed by atoms with Crippen molar-refractivity contribution in [2.45, 2.75) is 6.92 Å². The molecule has 0 saturated heterocycles. The van der Waals surface area contributed by atoms with Crippen LogP contribution in [-0.2, 0) is 0 Å². The topological polar surface area (TPSA) is 17.8 Å². The van der Waals surface area contributed by atoms with Gasteiger partial charge in [-0.1, -0.05) is 23.2 Å². The van der Waals surface area contributed by atoms with Crippen molar-refractivity contribution >= 4 is 23.2 Å². The number of hydrogen-bond donors (Lipinski definition) is 0. The van der Waals surface area contributed by atoms with Gasteiger partial charge in [-0.25, -0.2) is 9.37 Å². The van der Waals surface area contributed by atoms with Crippen molar-refractivity contribution in [1.82, 2.24) is 9.55 Å². The summed E-state index contributed by atoms with van der Waals surface area (Å²) in [6.07, 6.45) is 0. The van der Waals surface area contributed by atoms with E-state index in [1.807, 2.05) is 23.6 Å². The Balaban J connectivity index is 2.21. The quantitative estimate of drug-likeness (QED) is 0.627. The lowest BCUT2D eigenvalue weighted by atomic mass is 10.1. The summed E-state index contributed by atoms with van der Waals surface area (Å²) >= 11 is 12.2. The molecule has 0 N–H and O–H groups in total. The molecule has 0 aliphatic heterocycles. The maximum Gasteiger partial charge on any atom is 0.155 e.